The van der Waals surface area contributed by atoms with Gasteiger partial charge in [-0.15, -0.1) is 11.8 Å². The molecule has 0 radical (unpaired) electrons. The van der Waals surface area contributed by atoms with Crippen molar-refractivity contribution in [3.8, 4) is 0 Å². The molecule has 4 nitrogen and oxygen atoms in total. The number of aliphatic hydroxyl groups is 1. The van der Waals surface area contributed by atoms with E-state index < -0.39 is 0 Å². The largest absolute Gasteiger partial charge is 0.396 e. The second-order valence-corrected chi connectivity index (χ2v) is 7.84. The molecule has 26 heavy (non-hydrogen) atoms. The van der Waals surface area contributed by atoms with Crippen LogP contribution in [0.1, 0.15) is 22.8 Å². The fraction of sp³-hybridized carbons (Fsp3) is 0.381. The highest BCUT2D eigenvalue weighted by atomic mass is 32.2. The second kappa shape index (κ2) is 8.60. The number of anilines is 1. The molecular formula is C21H26N2O2S. The summed E-state index contributed by atoms with van der Waals surface area (Å²) in [5, 5.41) is 8.91. The lowest BCUT2D eigenvalue weighted by Gasteiger charge is -2.41. The fourth-order valence-electron chi connectivity index (χ4n) is 3.42. The number of hydrogen-bond acceptors (Lipinski definition) is 4. The Morgan fingerprint density at radius 1 is 1.15 bits per heavy atom. The van der Waals surface area contributed by atoms with Crippen LogP contribution >= 0.6 is 11.8 Å². The Hall–Kier alpha value is -1.98. The van der Waals surface area contributed by atoms with Crippen LogP contribution in [0.3, 0.4) is 0 Å². The van der Waals surface area contributed by atoms with E-state index in [2.05, 4.69) is 43.0 Å². The summed E-state index contributed by atoms with van der Waals surface area (Å²) in [7, 11) is 0. The number of carbonyl (C=O) groups is 1. The van der Waals surface area contributed by atoms with Gasteiger partial charge in [0.1, 0.15) is 0 Å². The number of benzene rings is 2. The third kappa shape index (κ3) is 4.22. The van der Waals surface area contributed by atoms with Crippen LogP contribution in [0.25, 0.3) is 0 Å². The van der Waals surface area contributed by atoms with Crippen molar-refractivity contribution in [3.05, 3.63) is 59.7 Å². The summed E-state index contributed by atoms with van der Waals surface area (Å²) in [6.45, 7) is 6.84. The summed E-state index contributed by atoms with van der Waals surface area (Å²) in [6, 6.07) is 16.3. The first kappa shape index (κ1) is 18.8. The van der Waals surface area contributed by atoms with Gasteiger partial charge in [-0.2, -0.15) is 0 Å². The molecule has 5 heteroatoms. The van der Waals surface area contributed by atoms with Gasteiger partial charge in [0.05, 0.1) is 6.61 Å². The smallest absolute Gasteiger partial charge is 0.254 e. The maximum absolute atomic E-state index is 12.9. The Morgan fingerprint density at radius 2 is 1.88 bits per heavy atom. The average Bonchev–Trinajstić information content (AvgIpc) is 2.66. The van der Waals surface area contributed by atoms with Crippen molar-refractivity contribution in [3.63, 3.8) is 0 Å². The van der Waals surface area contributed by atoms with E-state index in [1.165, 1.54) is 11.3 Å². The minimum atomic E-state index is 0.0978. The molecule has 1 heterocycles. The number of aliphatic hydroxyl groups excluding tert-OH is 1. The van der Waals surface area contributed by atoms with Gasteiger partial charge in [0.15, 0.2) is 0 Å². The number of thioether (sulfide) groups is 1. The zero-order valence-corrected chi connectivity index (χ0v) is 16.2. The molecule has 0 saturated carbocycles. The van der Waals surface area contributed by atoms with Gasteiger partial charge < -0.3 is 14.9 Å². The molecule has 138 valence electrons. The molecule has 1 N–H and O–H groups in total. The monoisotopic (exact) mass is 370 g/mol. The van der Waals surface area contributed by atoms with Crippen molar-refractivity contribution in [1.82, 2.24) is 4.90 Å². The van der Waals surface area contributed by atoms with Crippen molar-refractivity contribution < 1.29 is 9.90 Å². The molecule has 1 saturated heterocycles. The zero-order chi connectivity index (χ0) is 18.5. The van der Waals surface area contributed by atoms with Crippen LogP contribution in [0.5, 0.6) is 0 Å². The number of piperazine rings is 1. The van der Waals surface area contributed by atoms with Crippen molar-refractivity contribution in [1.29, 1.82) is 0 Å². The van der Waals surface area contributed by atoms with E-state index in [0.29, 0.717) is 5.75 Å². The van der Waals surface area contributed by atoms with Gasteiger partial charge >= 0.3 is 0 Å². The first-order valence-corrected chi connectivity index (χ1v) is 10.0. The molecule has 1 unspecified atom stereocenters. The van der Waals surface area contributed by atoms with E-state index in [-0.39, 0.29) is 18.6 Å². The summed E-state index contributed by atoms with van der Waals surface area (Å²) < 4.78 is 0. The highest BCUT2D eigenvalue weighted by molar-refractivity contribution is 7.99. The molecule has 1 aliphatic heterocycles. The minimum Gasteiger partial charge on any atom is -0.396 e. The standard InChI is InChI=1S/C21H26N2O2S/c1-16-5-3-4-6-20(16)22-11-12-23(17(2)15-22)21(25)18-7-9-19(10-8-18)26-14-13-24/h3-10,17,24H,11-15H2,1-2H3. The van der Waals surface area contributed by atoms with E-state index in [1.807, 2.05) is 29.2 Å². The van der Waals surface area contributed by atoms with Gasteiger partial charge in [0, 0.05) is 47.6 Å². The molecular weight excluding hydrogens is 344 g/mol. The number of aryl methyl sites for hydroxylation is 1. The third-order valence-corrected chi connectivity index (χ3v) is 5.80. The van der Waals surface area contributed by atoms with Gasteiger partial charge in [-0.1, -0.05) is 18.2 Å². The Bertz CT molecular complexity index is 748. The summed E-state index contributed by atoms with van der Waals surface area (Å²) in [5.74, 6) is 0.770. The van der Waals surface area contributed by atoms with Gasteiger partial charge in [-0.25, -0.2) is 0 Å². The minimum absolute atomic E-state index is 0.0978. The second-order valence-electron chi connectivity index (χ2n) is 6.68. The highest BCUT2D eigenvalue weighted by Gasteiger charge is 2.28. The van der Waals surface area contributed by atoms with Crippen LogP contribution in [-0.4, -0.2) is 53.9 Å². The molecule has 1 aliphatic rings. The van der Waals surface area contributed by atoms with Crippen LogP contribution in [0, 0.1) is 6.92 Å². The first-order valence-electron chi connectivity index (χ1n) is 9.05. The van der Waals surface area contributed by atoms with Crippen LogP contribution < -0.4 is 4.90 Å². The van der Waals surface area contributed by atoms with Crippen LogP contribution in [-0.2, 0) is 0 Å². The molecule has 0 aromatic heterocycles. The quantitative estimate of drug-likeness (QED) is 0.819. The third-order valence-electron chi connectivity index (χ3n) is 4.81. The van der Waals surface area contributed by atoms with Gasteiger partial charge in [0.2, 0.25) is 0 Å². The number of amides is 1. The van der Waals surface area contributed by atoms with E-state index in [4.69, 9.17) is 5.11 Å². The van der Waals surface area contributed by atoms with Crippen molar-refractivity contribution in [2.24, 2.45) is 0 Å². The molecule has 0 spiro atoms. The highest BCUT2D eigenvalue weighted by Crippen LogP contribution is 2.24. The normalized spacial score (nSPS) is 17.4. The van der Waals surface area contributed by atoms with E-state index in [9.17, 15) is 4.79 Å². The van der Waals surface area contributed by atoms with Gasteiger partial charge in [-0.05, 0) is 49.7 Å². The summed E-state index contributed by atoms with van der Waals surface area (Å²) in [4.78, 5) is 18.3. The average molecular weight is 371 g/mol. The molecule has 0 aliphatic carbocycles. The van der Waals surface area contributed by atoms with Crippen LogP contribution in [0.2, 0.25) is 0 Å². The number of para-hydroxylation sites is 1. The summed E-state index contributed by atoms with van der Waals surface area (Å²) >= 11 is 1.59. The zero-order valence-electron chi connectivity index (χ0n) is 15.4. The molecule has 1 fully saturated rings. The summed E-state index contributed by atoms with van der Waals surface area (Å²) in [6.07, 6.45) is 0. The van der Waals surface area contributed by atoms with Crippen molar-refractivity contribution in [2.45, 2.75) is 24.8 Å². The van der Waals surface area contributed by atoms with Gasteiger partial charge in [0.25, 0.3) is 5.91 Å². The molecule has 1 atom stereocenters. The fourth-order valence-corrected chi connectivity index (χ4v) is 4.07. The van der Waals surface area contributed by atoms with Crippen molar-refractivity contribution >= 4 is 23.4 Å². The molecule has 3 rings (SSSR count). The van der Waals surface area contributed by atoms with Crippen molar-refractivity contribution in [2.75, 3.05) is 36.9 Å². The number of carbonyl (C=O) groups excluding carboxylic acids is 1. The lowest BCUT2D eigenvalue weighted by molar-refractivity contribution is 0.0674. The lowest BCUT2D eigenvalue weighted by atomic mass is 10.1. The maximum Gasteiger partial charge on any atom is 0.254 e. The summed E-state index contributed by atoms with van der Waals surface area (Å²) in [5.41, 5.74) is 3.27. The SMILES string of the molecule is Cc1ccccc1N1CCN(C(=O)c2ccc(SCCO)cc2)C(C)C1. The van der Waals surface area contributed by atoms with E-state index in [0.717, 1.165) is 30.1 Å². The Kier molecular flexibility index (Phi) is 6.22. The molecule has 2 aromatic carbocycles. The Labute approximate surface area is 159 Å². The predicted octanol–water partition coefficient (Wildman–Crippen LogP) is 3.43. The van der Waals surface area contributed by atoms with Crippen LogP contribution in [0.4, 0.5) is 5.69 Å². The van der Waals surface area contributed by atoms with E-state index in [1.54, 1.807) is 11.8 Å². The topological polar surface area (TPSA) is 43.8 Å². The molecule has 0 bridgehead atoms. The number of nitrogens with zero attached hydrogens (tertiary/aromatic N) is 2. The Morgan fingerprint density at radius 3 is 2.54 bits per heavy atom. The molecule has 2 aromatic rings. The predicted molar refractivity (Wildman–Crippen MR) is 108 cm³/mol. The Balaban J connectivity index is 1.65. The number of hydrogen-bond donors (Lipinski definition) is 1. The van der Waals surface area contributed by atoms with Crippen LogP contribution in [0.15, 0.2) is 53.4 Å². The maximum atomic E-state index is 12.9. The first-order chi connectivity index (χ1) is 12.6. The number of rotatable bonds is 5. The molecule has 1 amide bonds. The van der Waals surface area contributed by atoms with Gasteiger partial charge in [-0.3, -0.25) is 4.79 Å². The van der Waals surface area contributed by atoms with E-state index >= 15 is 0 Å². The lowest BCUT2D eigenvalue weighted by Crippen LogP contribution is -2.54.